The van der Waals surface area contributed by atoms with E-state index in [0.717, 1.165) is 12.8 Å². The number of carbonyl (C=O) groups is 1. The Balaban J connectivity index is 2.55. The van der Waals surface area contributed by atoms with Gasteiger partial charge in [0.1, 0.15) is 12.4 Å². The highest BCUT2D eigenvalue weighted by Gasteiger charge is 2.26. The maximum absolute atomic E-state index is 10.4. The quantitative estimate of drug-likeness (QED) is 0.403. The summed E-state index contributed by atoms with van der Waals surface area (Å²) < 4.78 is 0. The Bertz CT molecular complexity index is 161. The zero-order valence-electron chi connectivity index (χ0n) is 6.23. The molecular weight excluding hydrogens is 144 g/mol. The van der Waals surface area contributed by atoms with Gasteiger partial charge in [0, 0.05) is 13.1 Å². The van der Waals surface area contributed by atoms with Crippen molar-refractivity contribution < 1.29 is 9.90 Å². The van der Waals surface area contributed by atoms with Crippen LogP contribution in [0, 0.1) is 0 Å². The van der Waals surface area contributed by atoms with E-state index in [4.69, 9.17) is 0 Å². The molecule has 1 fully saturated rings. The Hall–Kier alpha value is -0.710. The normalized spacial score (nSPS) is 28.3. The summed E-state index contributed by atoms with van der Waals surface area (Å²) in [6.07, 6.45) is 1.10. The van der Waals surface area contributed by atoms with Gasteiger partial charge in [-0.2, -0.15) is 0 Å². The molecule has 1 heterocycles. The van der Waals surface area contributed by atoms with Gasteiger partial charge >= 0.3 is 0 Å². The highest BCUT2D eigenvalue weighted by Crippen LogP contribution is 2.05. The van der Waals surface area contributed by atoms with Crippen LogP contribution in [0.4, 0.5) is 0 Å². The fraction of sp³-hybridized carbons (Fsp3) is 0.571. The third kappa shape index (κ3) is 1.65. The van der Waals surface area contributed by atoms with Crippen LogP contribution >= 0.6 is 0 Å². The molecule has 1 saturated heterocycles. The van der Waals surface area contributed by atoms with Gasteiger partial charge in [-0.15, -0.1) is 0 Å². The SMILES string of the molecule is C=CC(O)N1CCNC1C=O. The van der Waals surface area contributed by atoms with Crippen LogP contribution in [0.15, 0.2) is 12.7 Å². The summed E-state index contributed by atoms with van der Waals surface area (Å²) in [6.45, 7) is 4.85. The minimum Gasteiger partial charge on any atom is -0.375 e. The predicted octanol–water partition coefficient (Wildman–Crippen LogP) is -1.08. The van der Waals surface area contributed by atoms with Gasteiger partial charge in [-0.25, -0.2) is 0 Å². The van der Waals surface area contributed by atoms with E-state index in [1.807, 2.05) is 0 Å². The Labute approximate surface area is 65.5 Å². The summed E-state index contributed by atoms with van der Waals surface area (Å²) in [5.41, 5.74) is 0. The molecule has 1 rings (SSSR count). The first-order valence-electron chi connectivity index (χ1n) is 3.54. The second-order valence-corrected chi connectivity index (χ2v) is 2.42. The molecule has 2 unspecified atom stereocenters. The molecule has 0 saturated carbocycles. The molecule has 1 aliphatic rings. The summed E-state index contributed by atoms with van der Waals surface area (Å²) in [5.74, 6) is 0. The summed E-state index contributed by atoms with van der Waals surface area (Å²) in [5, 5.41) is 12.2. The van der Waals surface area contributed by atoms with E-state index in [0.29, 0.717) is 6.54 Å². The van der Waals surface area contributed by atoms with E-state index in [1.54, 1.807) is 4.90 Å². The molecule has 4 nitrogen and oxygen atoms in total. The summed E-state index contributed by atoms with van der Waals surface area (Å²) in [7, 11) is 0. The Morgan fingerprint density at radius 3 is 3.09 bits per heavy atom. The van der Waals surface area contributed by atoms with E-state index < -0.39 is 6.23 Å². The first kappa shape index (κ1) is 8.39. The third-order valence-electron chi connectivity index (χ3n) is 1.76. The van der Waals surface area contributed by atoms with Crippen molar-refractivity contribution >= 4 is 6.29 Å². The number of carbonyl (C=O) groups excluding carboxylic acids is 1. The monoisotopic (exact) mass is 156 g/mol. The molecule has 0 aromatic carbocycles. The lowest BCUT2D eigenvalue weighted by Gasteiger charge is -2.22. The zero-order chi connectivity index (χ0) is 8.27. The smallest absolute Gasteiger partial charge is 0.151 e. The van der Waals surface area contributed by atoms with Crippen molar-refractivity contribution in [2.24, 2.45) is 0 Å². The number of aldehydes is 1. The number of hydrogen-bond acceptors (Lipinski definition) is 4. The van der Waals surface area contributed by atoms with E-state index in [2.05, 4.69) is 11.9 Å². The van der Waals surface area contributed by atoms with Gasteiger partial charge in [-0.1, -0.05) is 6.58 Å². The number of nitrogens with one attached hydrogen (secondary N) is 1. The number of rotatable bonds is 3. The lowest BCUT2D eigenvalue weighted by molar-refractivity contribution is -0.114. The Kier molecular flexibility index (Phi) is 2.76. The van der Waals surface area contributed by atoms with E-state index >= 15 is 0 Å². The van der Waals surface area contributed by atoms with Crippen LogP contribution in [0.25, 0.3) is 0 Å². The molecule has 11 heavy (non-hydrogen) atoms. The van der Waals surface area contributed by atoms with E-state index in [1.165, 1.54) is 6.08 Å². The number of aliphatic hydroxyl groups excluding tert-OH is 1. The lowest BCUT2D eigenvalue weighted by atomic mass is 10.4. The van der Waals surface area contributed by atoms with Gasteiger partial charge in [0.15, 0.2) is 6.29 Å². The average Bonchev–Trinajstić information content (AvgIpc) is 2.50. The fourth-order valence-electron chi connectivity index (χ4n) is 1.16. The van der Waals surface area contributed by atoms with Crippen molar-refractivity contribution in [3.63, 3.8) is 0 Å². The largest absolute Gasteiger partial charge is 0.375 e. The highest BCUT2D eigenvalue weighted by molar-refractivity contribution is 5.57. The van der Waals surface area contributed by atoms with Gasteiger partial charge in [0.2, 0.25) is 0 Å². The molecular formula is C7H12N2O2. The molecule has 2 N–H and O–H groups in total. The molecule has 1 aliphatic heterocycles. The number of nitrogens with zero attached hydrogens (tertiary/aromatic N) is 1. The van der Waals surface area contributed by atoms with Crippen molar-refractivity contribution in [3.05, 3.63) is 12.7 Å². The lowest BCUT2D eigenvalue weighted by Crippen LogP contribution is -2.42. The molecule has 62 valence electrons. The maximum atomic E-state index is 10.4. The summed E-state index contributed by atoms with van der Waals surface area (Å²) in [6, 6.07) is 0. The molecule has 4 heteroatoms. The Morgan fingerprint density at radius 2 is 2.55 bits per heavy atom. The van der Waals surface area contributed by atoms with Gasteiger partial charge < -0.3 is 9.90 Å². The van der Waals surface area contributed by atoms with Gasteiger partial charge in [0.05, 0.1) is 0 Å². The standard InChI is InChI=1S/C7H12N2O2/c1-2-7(11)9-4-3-8-6(9)5-10/h2,5-8,11H,1,3-4H2. The van der Waals surface area contributed by atoms with Crippen LogP contribution in [0.1, 0.15) is 0 Å². The first-order chi connectivity index (χ1) is 5.29. The molecule has 0 radical (unpaired) electrons. The van der Waals surface area contributed by atoms with Crippen molar-refractivity contribution in [1.29, 1.82) is 0 Å². The molecule has 0 amide bonds. The fourth-order valence-corrected chi connectivity index (χ4v) is 1.16. The minimum absolute atomic E-state index is 0.358. The van der Waals surface area contributed by atoms with Crippen molar-refractivity contribution in [2.45, 2.75) is 12.4 Å². The molecule has 0 bridgehead atoms. The van der Waals surface area contributed by atoms with Crippen LogP contribution in [-0.4, -0.2) is 41.8 Å². The zero-order valence-corrected chi connectivity index (χ0v) is 6.23. The molecule has 0 aliphatic carbocycles. The van der Waals surface area contributed by atoms with E-state index in [-0.39, 0.29) is 6.17 Å². The van der Waals surface area contributed by atoms with Crippen LogP contribution in [-0.2, 0) is 4.79 Å². The third-order valence-corrected chi connectivity index (χ3v) is 1.76. The maximum Gasteiger partial charge on any atom is 0.151 e. The van der Waals surface area contributed by atoms with Crippen LogP contribution in [0.5, 0.6) is 0 Å². The van der Waals surface area contributed by atoms with Crippen molar-refractivity contribution in [2.75, 3.05) is 13.1 Å². The molecule has 0 spiro atoms. The average molecular weight is 156 g/mol. The van der Waals surface area contributed by atoms with Gasteiger partial charge in [-0.05, 0) is 6.08 Å². The minimum atomic E-state index is -0.722. The van der Waals surface area contributed by atoms with Gasteiger partial charge in [-0.3, -0.25) is 10.2 Å². The number of aliphatic hydroxyl groups is 1. The van der Waals surface area contributed by atoms with E-state index in [9.17, 15) is 9.90 Å². The van der Waals surface area contributed by atoms with Crippen LogP contribution in [0.2, 0.25) is 0 Å². The molecule has 0 aromatic heterocycles. The van der Waals surface area contributed by atoms with Crippen molar-refractivity contribution in [1.82, 2.24) is 10.2 Å². The summed E-state index contributed by atoms with van der Waals surface area (Å²) >= 11 is 0. The highest BCUT2D eigenvalue weighted by atomic mass is 16.3. The second kappa shape index (κ2) is 3.61. The van der Waals surface area contributed by atoms with Crippen LogP contribution in [0.3, 0.4) is 0 Å². The topological polar surface area (TPSA) is 52.6 Å². The number of hydrogen-bond donors (Lipinski definition) is 2. The van der Waals surface area contributed by atoms with Gasteiger partial charge in [0.25, 0.3) is 0 Å². The summed E-state index contributed by atoms with van der Waals surface area (Å²) in [4.78, 5) is 12.0. The second-order valence-electron chi connectivity index (χ2n) is 2.42. The Morgan fingerprint density at radius 1 is 1.82 bits per heavy atom. The first-order valence-corrected chi connectivity index (χ1v) is 3.54. The van der Waals surface area contributed by atoms with Crippen molar-refractivity contribution in [3.8, 4) is 0 Å². The molecule has 2 atom stereocenters. The van der Waals surface area contributed by atoms with Crippen LogP contribution < -0.4 is 5.32 Å². The molecule has 0 aromatic rings. The predicted molar refractivity (Wildman–Crippen MR) is 40.8 cm³/mol.